The smallest absolute Gasteiger partial charge is 0.301 e. The molecule has 1 aliphatic carbocycles. The van der Waals surface area contributed by atoms with Gasteiger partial charge in [0.05, 0.1) is 16.8 Å². The number of fused-ring (bicyclic) bond motifs is 3. The minimum atomic E-state index is -3.05. The number of aryl methyl sites for hydroxylation is 1. The van der Waals surface area contributed by atoms with Crippen molar-refractivity contribution in [2.45, 2.75) is 24.8 Å². The normalized spacial score (nSPS) is 22.9. The molecule has 8 heteroatoms. The summed E-state index contributed by atoms with van der Waals surface area (Å²) >= 11 is 5.99. The van der Waals surface area contributed by atoms with E-state index in [1.807, 2.05) is 0 Å². The van der Waals surface area contributed by atoms with Crippen molar-refractivity contribution in [3.63, 3.8) is 0 Å². The second-order valence-electron chi connectivity index (χ2n) is 6.10. The van der Waals surface area contributed by atoms with E-state index < -0.39 is 24.1 Å². The monoisotopic (exact) mass is 341 g/mol. The van der Waals surface area contributed by atoms with Gasteiger partial charge < -0.3 is 10.1 Å². The lowest BCUT2D eigenvalue weighted by Crippen LogP contribution is -2.44. The average molecular weight is 342 g/mol. The number of pyridine rings is 2. The van der Waals surface area contributed by atoms with Gasteiger partial charge in [-0.15, -0.1) is 0 Å². The zero-order valence-electron chi connectivity index (χ0n) is 12.3. The van der Waals surface area contributed by atoms with Gasteiger partial charge in [-0.05, 0) is 24.8 Å². The molecular formula is C15H14ClF2N3O2. The van der Waals surface area contributed by atoms with Crippen molar-refractivity contribution in [3.05, 3.63) is 27.6 Å². The Balaban J connectivity index is 1.99. The second-order valence-corrected chi connectivity index (χ2v) is 6.54. The molecule has 4 rings (SSSR count). The Morgan fingerprint density at radius 2 is 2.22 bits per heavy atom. The Morgan fingerprint density at radius 3 is 2.91 bits per heavy atom. The van der Waals surface area contributed by atoms with Gasteiger partial charge in [0.2, 0.25) is 5.75 Å². The zero-order chi connectivity index (χ0) is 16.4. The van der Waals surface area contributed by atoms with Crippen LogP contribution in [-0.2, 0) is 7.05 Å². The van der Waals surface area contributed by atoms with E-state index in [2.05, 4.69) is 10.3 Å². The van der Waals surface area contributed by atoms with Gasteiger partial charge in [0, 0.05) is 18.6 Å². The van der Waals surface area contributed by atoms with E-state index in [1.165, 1.54) is 17.8 Å². The largest absolute Gasteiger partial charge is 0.480 e. The fourth-order valence-electron chi connectivity index (χ4n) is 3.05. The Morgan fingerprint density at radius 1 is 1.48 bits per heavy atom. The molecule has 0 aromatic carbocycles. The quantitative estimate of drug-likeness (QED) is 0.866. The summed E-state index contributed by atoms with van der Waals surface area (Å²) < 4.78 is 35.2. The summed E-state index contributed by atoms with van der Waals surface area (Å²) in [6, 6.07) is 0.546. The fourth-order valence-corrected chi connectivity index (χ4v) is 3.21. The number of alkyl halides is 2. The molecule has 0 amide bonds. The molecule has 0 spiro atoms. The first-order valence-corrected chi connectivity index (χ1v) is 7.71. The SMILES string of the molecule is Cn1c(=O)c2c(c3cc(Cl)cnc31)N[C@@H](C1CC1)C(F)(F)CO2. The number of halogens is 3. The van der Waals surface area contributed by atoms with Crippen molar-refractivity contribution in [3.8, 4) is 5.75 Å². The number of hydrogen-bond acceptors (Lipinski definition) is 4. The lowest BCUT2D eigenvalue weighted by atomic mass is 10.1. The highest BCUT2D eigenvalue weighted by Gasteiger charge is 2.51. The molecule has 0 saturated heterocycles. The van der Waals surface area contributed by atoms with Crippen LogP contribution in [0.1, 0.15) is 12.8 Å². The van der Waals surface area contributed by atoms with Gasteiger partial charge in [-0.2, -0.15) is 0 Å². The van der Waals surface area contributed by atoms with Crippen LogP contribution in [0.25, 0.3) is 11.0 Å². The Kier molecular flexibility index (Phi) is 3.07. The molecule has 0 radical (unpaired) electrons. The summed E-state index contributed by atoms with van der Waals surface area (Å²) in [5.41, 5.74) is 0.128. The van der Waals surface area contributed by atoms with Gasteiger partial charge in [0.1, 0.15) is 5.65 Å². The zero-order valence-corrected chi connectivity index (χ0v) is 13.0. The van der Waals surface area contributed by atoms with Crippen molar-refractivity contribution in [2.24, 2.45) is 13.0 Å². The molecule has 1 N–H and O–H groups in total. The molecule has 2 aromatic rings. The van der Waals surface area contributed by atoms with Crippen molar-refractivity contribution in [2.75, 3.05) is 11.9 Å². The Labute approximate surface area is 135 Å². The topological polar surface area (TPSA) is 56.2 Å². The highest BCUT2D eigenvalue weighted by Crippen LogP contribution is 2.45. The van der Waals surface area contributed by atoms with Crippen LogP contribution in [0.4, 0.5) is 14.5 Å². The summed E-state index contributed by atoms with van der Waals surface area (Å²) in [5, 5.41) is 3.72. The van der Waals surface area contributed by atoms with Crippen LogP contribution >= 0.6 is 11.6 Å². The van der Waals surface area contributed by atoms with E-state index >= 15 is 0 Å². The second kappa shape index (κ2) is 4.80. The first-order chi connectivity index (χ1) is 10.9. The van der Waals surface area contributed by atoms with Crippen LogP contribution < -0.4 is 15.6 Å². The maximum absolute atomic E-state index is 14.4. The van der Waals surface area contributed by atoms with Gasteiger partial charge in [-0.25, -0.2) is 13.8 Å². The third kappa shape index (κ3) is 2.25. The highest BCUT2D eigenvalue weighted by atomic mass is 35.5. The molecule has 2 aromatic heterocycles. The van der Waals surface area contributed by atoms with E-state index in [-0.39, 0.29) is 17.4 Å². The highest BCUT2D eigenvalue weighted by molar-refractivity contribution is 6.31. The number of hydrogen-bond donors (Lipinski definition) is 1. The third-order valence-corrected chi connectivity index (χ3v) is 4.61. The molecule has 122 valence electrons. The number of nitrogens with zero attached hydrogens (tertiary/aromatic N) is 2. The van der Waals surface area contributed by atoms with Crippen LogP contribution in [0.15, 0.2) is 17.1 Å². The number of rotatable bonds is 1. The van der Waals surface area contributed by atoms with E-state index in [9.17, 15) is 13.6 Å². The predicted molar refractivity (Wildman–Crippen MR) is 82.6 cm³/mol. The summed E-state index contributed by atoms with van der Waals surface area (Å²) in [4.78, 5) is 16.6. The van der Waals surface area contributed by atoms with Crippen LogP contribution in [0.2, 0.25) is 5.02 Å². The van der Waals surface area contributed by atoms with Crippen molar-refractivity contribution >= 4 is 28.3 Å². The maximum atomic E-state index is 14.4. The van der Waals surface area contributed by atoms with E-state index in [1.54, 1.807) is 6.07 Å². The van der Waals surface area contributed by atoms with E-state index in [0.717, 1.165) is 12.8 Å². The third-order valence-electron chi connectivity index (χ3n) is 4.40. The van der Waals surface area contributed by atoms with Crippen LogP contribution in [-0.4, -0.2) is 28.1 Å². The van der Waals surface area contributed by atoms with Gasteiger partial charge in [-0.3, -0.25) is 9.36 Å². The predicted octanol–water partition coefficient (Wildman–Crippen LogP) is 2.81. The molecule has 3 heterocycles. The minimum absolute atomic E-state index is 0.105. The molecule has 1 fully saturated rings. The summed E-state index contributed by atoms with van der Waals surface area (Å²) in [6.45, 7) is -0.817. The molecule has 2 aliphatic rings. The first-order valence-electron chi connectivity index (χ1n) is 7.34. The molecular weight excluding hydrogens is 328 g/mol. The number of ether oxygens (including phenoxy) is 1. The molecule has 5 nitrogen and oxygen atoms in total. The summed E-state index contributed by atoms with van der Waals surface area (Å²) in [7, 11) is 1.52. The average Bonchev–Trinajstić information content (AvgIpc) is 3.32. The van der Waals surface area contributed by atoms with Gasteiger partial charge in [-0.1, -0.05) is 11.6 Å². The van der Waals surface area contributed by atoms with Crippen LogP contribution in [0.3, 0.4) is 0 Å². The molecule has 1 saturated carbocycles. The molecule has 23 heavy (non-hydrogen) atoms. The maximum Gasteiger partial charge on any atom is 0.301 e. The minimum Gasteiger partial charge on any atom is -0.480 e. The van der Waals surface area contributed by atoms with E-state index in [0.29, 0.717) is 16.1 Å². The molecule has 1 atom stereocenters. The fraction of sp³-hybridized carbons (Fsp3) is 0.467. The van der Waals surface area contributed by atoms with Gasteiger partial charge in [0.15, 0.2) is 6.61 Å². The van der Waals surface area contributed by atoms with Crippen molar-refractivity contribution < 1.29 is 13.5 Å². The summed E-state index contributed by atoms with van der Waals surface area (Å²) in [5.74, 6) is -3.28. The van der Waals surface area contributed by atoms with Gasteiger partial charge in [0.25, 0.3) is 5.56 Å². The lowest BCUT2D eigenvalue weighted by Gasteiger charge is -2.25. The standard InChI is InChI=1S/C15H14ClF2N3O2/c1-21-13-9(4-8(16)5-19-13)10-11(14(21)22)23-6-15(17,18)12(20-10)7-2-3-7/h4-5,7,12,20H,2-3,6H2,1H3/t12-/m0/s1. The Bertz CT molecular complexity index is 864. The van der Waals surface area contributed by atoms with Crippen LogP contribution in [0, 0.1) is 5.92 Å². The Hall–Kier alpha value is -1.89. The first kappa shape index (κ1) is 14.7. The van der Waals surface area contributed by atoms with Crippen LogP contribution in [0.5, 0.6) is 5.75 Å². The number of anilines is 1. The van der Waals surface area contributed by atoms with Crippen molar-refractivity contribution in [1.82, 2.24) is 9.55 Å². The number of aromatic nitrogens is 2. The summed E-state index contributed by atoms with van der Waals surface area (Å²) in [6.07, 6.45) is 2.90. The molecule has 0 bridgehead atoms. The molecule has 1 aliphatic heterocycles. The molecule has 0 unspecified atom stereocenters. The van der Waals surface area contributed by atoms with Crippen molar-refractivity contribution in [1.29, 1.82) is 0 Å². The lowest BCUT2D eigenvalue weighted by molar-refractivity contribution is -0.0579. The van der Waals surface area contributed by atoms with Gasteiger partial charge >= 0.3 is 5.92 Å². The number of nitrogens with one attached hydrogen (secondary N) is 1. The van der Waals surface area contributed by atoms with E-state index in [4.69, 9.17) is 16.3 Å².